The zero-order valence-corrected chi connectivity index (χ0v) is 11.3. The third-order valence-electron chi connectivity index (χ3n) is 2.04. The fraction of sp³-hybridized carbons (Fsp3) is 0.364. The van der Waals surface area contributed by atoms with Gasteiger partial charge in [-0.2, -0.15) is 0 Å². The average Bonchev–Trinajstić information content (AvgIpc) is 2.20. The van der Waals surface area contributed by atoms with Crippen LogP contribution in [0.25, 0.3) is 0 Å². The summed E-state index contributed by atoms with van der Waals surface area (Å²) in [7, 11) is 1.64. The molecule has 16 heavy (non-hydrogen) atoms. The largest absolute Gasteiger partial charge is 0.340 e. The van der Waals surface area contributed by atoms with E-state index in [9.17, 15) is 9.18 Å². The molecule has 1 aromatic rings. The Morgan fingerprint density at radius 1 is 1.62 bits per heavy atom. The molecule has 0 fully saturated rings. The molecule has 0 aliphatic heterocycles. The van der Waals surface area contributed by atoms with Crippen LogP contribution < -0.4 is 0 Å². The molecule has 0 spiro atoms. The van der Waals surface area contributed by atoms with E-state index in [-0.39, 0.29) is 11.3 Å². The van der Waals surface area contributed by atoms with Gasteiger partial charge in [-0.05, 0) is 41.1 Å². The average molecular weight is 309 g/mol. The molecule has 1 rings (SSSR count). The fourth-order valence-corrected chi connectivity index (χ4v) is 1.76. The van der Waals surface area contributed by atoms with Crippen molar-refractivity contribution in [2.75, 3.05) is 13.6 Å². The van der Waals surface area contributed by atoms with Gasteiger partial charge in [0.2, 0.25) is 0 Å². The van der Waals surface area contributed by atoms with Gasteiger partial charge in [0.25, 0.3) is 5.91 Å². The van der Waals surface area contributed by atoms with Crippen molar-refractivity contribution in [3.8, 4) is 0 Å². The molecule has 0 bridgehead atoms. The Hall–Kier alpha value is -0.610. The van der Waals surface area contributed by atoms with Crippen LogP contribution in [-0.2, 0) is 0 Å². The molecule has 2 nitrogen and oxygen atoms in total. The zero-order valence-electron chi connectivity index (χ0n) is 9.01. The van der Waals surface area contributed by atoms with Gasteiger partial charge in [0.05, 0.1) is 4.47 Å². The Labute approximate surface area is 108 Å². The second-order valence-corrected chi connectivity index (χ2v) is 5.19. The van der Waals surface area contributed by atoms with Crippen molar-refractivity contribution in [2.24, 2.45) is 0 Å². The molecule has 0 radical (unpaired) electrons. The summed E-state index contributed by atoms with van der Waals surface area (Å²) in [4.78, 5) is 13.3. The van der Waals surface area contributed by atoms with E-state index in [2.05, 4.69) is 15.9 Å². The Kier molecular flexibility index (Phi) is 4.74. The SMILES string of the molecule is CC(Cl)CN(C)C(=O)c1ccc(Br)c(F)c1. The highest BCUT2D eigenvalue weighted by Gasteiger charge is 2.14. The van der Waals surface area contributed by atoms with Gasteiger partial charge in [0.15, 0.2) is 0 Å². The number of benzene rings is 1. The summed E-state index contributed by atoms with van der Waals surface area (Å²) >= 11 is 8.82. The summed E-state index contributed by atoms with van der Waals surface area (Å²) in [5.41, 5.74) is 0.320. The molecule has 0 saturated heterocycles. The maximum Gasteiger partial charge on any atom is 0.253 e. The molecule has 1 aromatic carbocycles. The minimum atomic E-state index is -0.446. The predicted molar refractivity (Wildman–Crippen MR) is 66.4 cm³/mol. The number of halogens is 3. The summed E-state index contributed by atoms with van der Waals surface area (Å²) in [6.07, 6.45) is 0. The molecule has 0 heterocycles. The van der Waals surface area contributed by atoms with E-state index in [1.54, 1.807) is 20.0 Å². The van der Waals surface area contributed by atoms with E-state index in [1.807, 2.05) is 0 Å². The van der Waals surface area contributed by atoms with Gasteiger partial charge in [-0.3, -0.25) is 4.79 Å². The maximum absolute atomic E-state index is 13.2. The number of alkyl halides is 1. The van der Waals surface area contributed by atoms with Crippen molar-refractivity contribution in [1.82, 2.24) is 4.90 Å². The lowest BCUT2D eigenvalue weighted by Gasteiger charge is -2.18. The maximum atomic E-state index is 13.2. The van der Waals surface area contributed by atoms with Crippen LogP contribution in [0.3, 0.4) is 0 Å². The number of rotatable bonds is 3. The Balaban J connectivity index is 2.84. The second-order valence-electron chi connectivity index (χ2n) is 3.60. The molecule has 0 aliphatic rings. The molecule has 1 atom stereocenters. The third kappa shape index (κ3) is 3.46. The van der Waals surface area contributed by atoms with Crippen LogP contribution in [0.5, 0.6) is 0 Å². The topological polar surface area (TPSA) is 20.3 Å². The van der Waals surface area contributed by atoms with Gasteiger partial charge in [0.1, 0.15) is 5.82 Å². The van der Waals surface area contributed by atoms with Crippen LogP contribution >= 0.6 is 27.5 Å². The fourth-order valence-electron chi connectivity index (χ4n) is 1.31. The number of carbonyl (C=O) groups excluding carboxylic acids is 1. The summed E-state index contributed by atoms with van der Waals surface area (Å²) in [5.74, 6) is -0.683. The smallest absolute Gasteiger partial charge is 0.253 e. The first-order chi connectivity index (χ1) is 7.41. The van der Waals surface area contributed by atoms with Crippen molar-refractivity contribution in [1.29, 1.82) is 0 Å². The van der Waals surface area contributed by atoms with Crippen LogP contribution in [0, 0.1) is 5.82 Å². The summed E-state index contributed by atoms with van der Waals surface area (Å²) in [6, 6.07) is 4.30. The zero-order chi connectivity index (χ0) is 12.3. The molecule has 0 aliphatic carbocycles. The van der Waals surface area contributed by atoms with E-state index < -0.39 is 5.82 Å². The minimum absolute atomic E-state index is 0.130. The Morgan fingerprint density at radius 3 is 2.75 bits per heavy atom. The van der Waals surface area contributed by atoms with Crippen molar-refractivity contribution in [2.45, 2.75) is 12.3 Å². The van der Waals surface area contributed by atoms with Crippen molar-refractivity contribution < 1.29 is 9.18 Å². The summed E-state index contributed by atoms with van der Waals surface area (Å²) in [6.45, 7) is 2.23. The lowest BCUT2D eigenvalue weighted by Crippen LogP contribution is -2.31. The molecule has 0 saturated carbocycles. The molecular weight excluding hydrogens is 296 g/mol. The first-order valence-electron chi connectivity index (χ1n) is 4.76. The minimum Gasteiger partial charge on any atom is -0.340 e. The van der Waals surface area contributed by atoms with E-state index in [0.717, 1.165) is 0 Å². The quantitative estimate of drug-likeness (QED) is 0.785. The molecule has 1 amide bonds. The number of hydrogen-bond acceptors (Lipinski definition) is 1. The molecule has 1 unspecified atom stereocenters. The number of hydrogen-bond donors (Lipinski definition) is 0. The van der Waals surface area contributed by atoms with Gasteiger partial charge in [-0.25, -0.2) is 4.39 Å². The second kappa shape index (κ2) is 5.64. The normalized spacial score (nSPS) is 12.3. The van der Waals surface area contributed by atoms with Gasteiger partial charge in [0, 0.05) is 24.5 Å². The van der Waals surface area contributed by atoms with Gasteiger partial charge in [-0.1, -0.05) is 0 Å². The van der Waals surface area contributed by atoms with E-state index in [1.165, 1.54) is 17.0 Å². The number of nitrogens with zero attached hydrogens (tertiary/aromatic N) is 1. The predicted octanol–water partition coefficient (Wildman–Crippen LogP) is 3.29. The lowest BCUT2D eigenvalue weighted by atomic mass is 10.2. The monoisotopic (exact) mass is 307 g/mol. The van der Waals surface area contributed by atoms with Crippen LogP contribution in [0.4, 0.5) is 4.39 Å². The molecule has 88 valence electrons. The molecule has 5 heteroatoms. The van der Waals surface area contributed by atoms with Crippen LogP contribution in [0.2, 0.25) is 0 Å². The molecule has 0 aromatic heterocycles. The van der Waals surface area contributed by atoms with Crippen molar-refractivity contribution in [3.63, 3.8) is 0 Å². The highest BCUT2D eigenvalue weighted by molar-refractivity contribution is 9.10. The standard InChI is InChI=1S/C11H12BrClFNO/c1-7(13)6-15(2)11(16)8-3-4-9(12)10(14)5-8/h3-5,7H,6H2,1-2H3. The highest BCUT2D eigenvalue weighted by Crippen LogP contribution is 2.17. The van der Waals surface area contributed by atoms with Crippen molar-refractivity contribution >= 4 is 33.4 Å². The highest BCUT2D eigenvalue weighted by atomic mass is 79.9. The number of amides is 1. The summed E-state index contributed by atoms with van der Waals surface area (Å²) in [5, 5.41) is -0.130. The number of carbonyl (C=O) groups is 1. The van der Waals surface area contributed by atoms with Gasteiger partial charge >= 0.3 is 0 Å². The van der Waals surface area contributed by atoms with E-state index >= 15 is 0 Å². The first kappa shape index (κ1) is 13.5. The molecular formula is C11H12BrClFNO. The Morgan fingerprint density at radius 2 is 2.25 bits per heavy atom. The van der Waals surface area contributed by atoms with Gasteiger partial charge < -0.3 is 4.90 Å². The lowest BCUT2D eigenvalue weighted by molar-refractivity contribution is 0.0795. The van der Waals surface area contributed by atoms with Gasteiger partial charge in [-0.15, -0.1) is 11.6 Å². The van der Waals surface area contributed by atoms with E-state index in [4.69, 9.17) is 11.6 Å². The first-order valence-corrected chi connectivity index (χ1v) is 5.99. The van der Waals surface area contributed by atoms with Crippen LogP contribution in [0.15, 0.2) is 22.7 Å². The van der Waals surface area contributed by atoms with Crippen LogP contribution in [-0.4, -0.2) is 29.8 Å². The third-order valence-corrected chi connectivity index (χ3v) is 2.82. The van der Waals surface area contributed by atoms with E-state index in [0.29, 0.717) is 16.6 Å². The van der Waals surface area contributed by atoms with Crippen LogP contribution in [0.1, 0.15) is 17.3 Å². The Bertz CT molecular complexity index is 398. The van der Waals surface area contributed by atoms with Crippen molar-refractivity contribution in [3.05, 3.63) is 34.1 Å². The summed E-state index contributed by atoms with van der Waals surface area (Å²) < 4.78 is 13.6. The molecule has 0 N–H and O–H groups in total.